The lowest BCUT2D eigenvalue weighted by atomic mass is 9.85. The van der Waals surface area contributed by atoms with E-state index >= 15 is 0 Å². The van der Waals surface area contributed by atoms with E-state index in [0.717, 1.165) is 6.04 Å². The van der Waals surface area contributed by atoms with Crippen molar-refractivity contribution in [3.8, 4) is 0 Å². The molecule has 0 amide bonds. The van der Waals surface area contributed by atoms with Crippen LogP contribution in [0.2, 0.25) is 0 Å². The van der Waals surface area contributed by atoms with Gasteiger partial charge in [-0.15, -0.1) is 0 Å². The Balaban J connectivity index is 1.85. The highest BCUT2D eigenvalue weighted by molar-refractivity contribution is 4.91. The first-order chi connectivity index (χ1) is 8.63. The van der Waals surface area contributed by atoms with Gasteiger partial charge in [0.2, 0.25) is 0 Å². The molecule has 106 valence electrons. The smallest absolute Gasteiger partial charge is 0.0123 e. The van der Waals surface area contributed by atoms with Crippen LogP contribution in [0.4, 0.5) is 0 Å². The Hall–Kier alpha value is -0.120. The first kappa shape index (κ1) is 14.3. The number of nitrogens with zero attached hydrogens (tertiary/aromatic N) is 2. The molecule has 3 unspecified atom stereocenters. The molecule has 3 heteroatoms. The lowest BCUT2D eigenvalue weighted by Gasteiger charge is -2.47. The van der Waals surface area contributed by atoms with E-state index in [1.807, 2.05) is 0 Å². The summed E-state index contributed by atoms with van der Waals surface area (Å²) in [4.78, 5) is 5.37. The number of hydrogen-bond donors (Lipinski definition) is 1. The molecule has 0 bridgehead atoms. The fourth-order valence-corrected chi connectivity index (χ4v) is 3.73. The van der Waals surface area contributed by atoms with E-state index in [-0.39, 0.29) is 0 Å². The third-order valence-electron chi connectivity index (χ3n) is 5.25. The van der Waals surface area contributed by atoms with Crippen LogP contribution in [0, 0.1) is 5.92 Å². The van der Waals surface area contributed by atoms with Gasteiger partial charge < -0.3 is 10.6 Å². The van der Waals surface area contributed by atoms with Crippen molar-refractivity contribution < 1.29 is 0 Å². The van der Waals surface area contributed by atoms with Gasteiger partial charge in [-0.2, -0.15) is 0 Å². The van der Waals surface area contributed by atoms with Gasteiger partial charge in [-0.25, -0.2) is 0 Å². The minimum atomic E-state index is 0.413. The summed E-state index contributed by atoms with van der Waals surface area (Å²) in [6.07, 6.45) is 5.18. The summed E-state index contributed by atoms with van der Waals surface area (Å²) in [5, 5.41) is 0. The first-order valence-electron chi connectivity index (χ1n) is 7.87. The van der Waals surface area contributed by atoms with Gasteiger partial charge in [-0.05, 0) is 58.2 Å². The first-order valence-corrected chi connectivity index (χ1v) is 7.87. The van der Waals surface area contributed by atoms with Gasteiger partial charge in [0, 0.05) is 24.7 Å². The Labute approximate surface area is 113 Å². The number of piperidine rings is 2. The average Bonchev–Trinajstić information content (AvgIpc) is 2.38. The van der Waals surface area contributed by atoms with Gasteiger partial charge in [0.15, 0.2) is 0 Å². The van der Waals surface area contributed by atoms with Crippen molar-refractivity contribution in [1.29, 1.82) is 0 Å². The van der Waals surface area contributed by atoms with Gasteiger partial charge in [-0.1, -0.05) is 13.8 Å². The molecule has 0 aromatic rings. The Morgan fingerprint density at radius 1 is 1.06 bits per heavy atom. The molecule has 2 fully saturated rings. The highest BCUT2D eigenvalue weighted by atomic mass is 15.2. The Morgan fingerprint density at radius 2 is 1.72 bits per heavy atom. The van der Waals surface area contributed by atoms with E-state index in [1.165, 1.54) is 51.9 Å². The molecule has 0 aliphatic carbocycles. The zero-order valence-corrected chi connectivity index (χ0v) is 12.4. The molecular formula is C15H31N3. The number of hydrogen-bond acceptors (Lipinski definition) is 3. The van der Waals surface area contributed by atoms with Gasteiger partial charge in [0.1, 0.15) is 0 Å². The van der Waals surface area contributed by atoms with Crippen LogP contribution >= 0.6 is 0 Å². The van der Waals surface area contributed by atoms with Crippen molar-refractivity contribution in [3.05, 3.63) is 0 Å². The SMILES string of the molecule is CCCN1CCC(N2CCC(N)C(C)C2C)CC1. The average molecular weight is 253 g/mol. The van der Waals surface area contributed by atoms with E-state index in [1.54, 1.807) is 0 Å². The minimum absolute atomic E-state index is 0.413. The maximum Gasteiger partial charge on any atom is 0.0123 e. The monoisotopic (exact) mass is 253 g/mol. The largest absolute Gasteiger partial charge is 0.327 e. The van der Waals surface area contributed by atoms with Crippen molar-refractivity contribution in [1.82, 2.24) is 9.80 Å². The van der Waals surface area contributed by atoms with Crippen LogP contribution < -0.4 is 5.73 Å². The molecule has 0 aromatic heterocycles. The van der Waals surface area contributed by atoms with Gasteiger partial charge >= 0.3 is 0 Å². The number of rotatable bonds is 3. The number of nitrogens with two attached hydrogens (primary N) is 1. The molecule has 2 saturated heterocycles. The topological polar surface area (TPSA) is 32.5 Å². The van der Waals surface area contributed by atoms with Crippen LogP contribution in [0.25, 0.3) is 0 Å². The molecule has 2 N–H and O–H groups in total. The fourth-order valence-electron chi connectivity index (χ4n) is 3.73. The van der Waals surface area contributed by atoms with Crippen molar-refractivity contribution in [2.45, 2.75) is 64.6 Å². The maximum atomic E-state index is 6.19. The van der Waals surface area contributed by atoms with Crippen molar-refractivity contribution >= 4 is 0 Å². The van der Waals surface area contributed by atoms with Crippen LogP contribution in [0.3, 0.4) is 0 Å². The molecule has 0 saturated carbocycles. The molecule has 0 aromatic carbocycles. The van der Waals surface area contributed by atoms with E-state index in [2.05, 4.69) is 30.6 Å². The van der Waals surface area contributed by atoms with Crippen LogP contribution in [0.5, 0.6) is 0 Å². The second-order valence-electron chi connectivity index (χ2n) is 6.36. The molecule has 0 spiro atoms. The highest BCUT2D eigenvalue weighted by Gasteiger charge is 2.35. The zero-order valence-electron chi connectivity index (χ0n) is 12.4. The standard InChI is InChI=1S/C15H31N3/c1-4-8-17-9-5-14(6-10-17)18-11-7-15(16)12(2)13(18)3/h12-15H,4-11,16H2,1-3H3. The lowest BCUT2D eigenvalue weighted by molar-refractivity contribution is 0.0252. The summed E-state index contributed by atoms with van der Waals surface area (Å²) in [6.45, 7) is 12.1. The van der Waals surface area contributed by atoms with E-state index in [0.29, 0.717) is 18.0 Å². The summed E-state index contributed by atoms with van der Waals surface area (Å²) < 4.78 is 0. The highest BCUT2D eigenvalue weighted by Crippen LogP contribution is 2.28. The van der Waals surface area contributed by atoms with Crippen molar-refractivity contribution in [2.75, 3.05) is 26.2 Å². The van der Waals surface area contributed by atoms with Crippen molar-refractivity contribution in [3.63, 3.8) is 0 Å². The summed E-state index contributed by atoms with van der Waals surface area (Å²) in [5.74, 6) is 0.646. The third kappa shape index (κ3) is 3.06. The van der Waals surface area contributed by atoms with Crippen molar-refractivity contribution in [2.24, 2.45) is 11.7 Å². The second kappa shape index (κ2) is 6.36. The Kier molecular flexibility index (Phi) is 5.05. The minimum Gasteiger partial charge on any atom is -0.327 e. The summed E-state index contributed by atoms with van der Waals surface area (Å²) in [6, 6.07) is 1.89. The van der Waals surface area contributed by atoms with Crippen LogP contribution in [-0.2, 0) is 0 Å². The predicted octanol–water partition coefficient (Wildman–Crippen LogP) is 1.92. The molecule has 2 aliphatic heterocycles. The third-order valence-corrected chi connectivity index (χ3v) is 5.25. The fraction of sp³-hybridized carbons (Fsp3) is 1.00. The molecular weight excluding hydrogens is 222 g/mol. The second-order valence-corrected chi connectivity index (χ2v) is 6.36. The van der Waals surface area contributed by atoms with E-state index in [4.69, 9.17) is 5.73 Å². The van der Waals surface area contributed by atoms with Gasteiger partial charge in [0.05, 0.1) is 0 Å². The molecule has 2 rings (SSSR count). The van der Waals surface area contributed by atoms with Gasteiger partial charge in [0.25, 0.3) is 0 Å². The Bertz CT molecular complexity index is 248. The Morgan fingerprint density at radius 3 is 2.33 bits per heavy atom. The molecule has 18 heavy (non-hydrogen) atoms. The maximum absolute atomic E-state index is 6.19. The van der Waals surface area contributed by atoms with E-state index in [9.17, 15) is 0 Å². The van der Waals surface area contributed by atoms with Crippen LogP contribution in [-0.4, -0.2) is 54.1 Å². The molecule has 3 nitrogen and oxygen atoms in total. The normalized spacial score (nSPS) is 37.0. The number of likely N-dealkylation sites (tertiary alicyclic amines) is 2. The molecule has 0 radical (unpaired) electrons. The van der Waals surface area contributed by atoms with Gasteiger partial charge in [-0.3, -0.25) is 4.90 Å². The summed E-state index contributed by atoms with van der Waals surface area (Å²) >= 11 is 0. The zero-order chi connectivity index (χ0) is 13.1. The molecule has 2 heterocycles. The summed E-state index contributed by atoms with van der Waals surface area (Å²) in [7, 11) is 0. The quantitative estimate of drug-likeness (QED) is 0.834. The summed E-state index contributed by atoms with van der Waals surface area (Å²) in [5.41, 5.74) is 6.19. The van der Waals surface area contributed by atoms with Crippen LogP contribution in [0.15, 0.2) is 0 Å². The lowest BCUT2D eigenvalue weighted by Crippen LogP contribution is -2.57. The van der Waals surface area contributed by atoms with Crippen LogP contribution in [0.1, 0.15) is 46.5 Å². The predicted molar refractivity (Wildman–Crippen MR) is 77.7 cm³/mol. The van der Waals surface area contributed by atoms with E-state index < -0.39 is 0 Å². The molecule has 2 aliphatic rings. The molecule has 3 atom stereocenters.